The molecule has 2 N–H and O–H groups in total. The van der Waals surface area contributed by atoms with Crippen LogP contribution >= 0.6 is 11.6 Å². The maximum absolute atomic E-state index is 6.19. The first-order valence-corrected chi connectivity index (χ1v) is 6.82. The van der Waals surface area contributed by atoms with Crippen LogP contribution in [-0.4, -0.2) is 6.10 Å². The van der Waals surface area contributed by atoms with E-state index in [0.29, 0.717) is 17.7 Å². The lowest BCUT2D eigenvalue weighted by molar-refractivity contribution is 0.184. The Labute approximate surface area is 108 Å². The Hall–Kier alpha value is -0.730. The molecule has 2 nitrogen and oxygen atoms in total. The van der Waals surface area contributed by atoms with Gasteiger partial charge in [-0.3, -0.25) is 0 Å². The summed E-state index contributed by atoms with van der Waals surface area (Å²) in [6.07, 6.45) is 7.83. The summed E-state index contributed by atoms with van der Waals surface area (Å²) in [5.41, 5.74) is 6.62. The van der Waals surface area contributed by atoms with E-state index in [-0.39, 0.29) is 0 Å². The molecule has 17 heavy (non-hydrogen) atoms. The molecule has 1 fully saturated rings. The van der Waals surface area contributed by atoms with Crippen molar-refractivity contribution in [2.45, 2.75) is 51.2 Å². The van der Waals surface area contributed by atoms with Crippen molar-refractivity contribution in [1.82, 2.24) is 0 Å². The van der Waals surface area contributed by atoms with Crippen LogP contribution in [0.2, 0.25) is 5.02 Å². The van der Waals surface area contributed by atoms with Crippen molar-refractivity contribution in [3.63, 3.8) is 0 Å². The molecule has 0 atom stereocenters. The zero-order valence-corrected chi connectivity index (χ0v) is 10.9. The Morgan fingerprint density at radius 3 is 2.47 bits per heavy atom. The highest BCUT2D eigenvalue weighted by Gasteiger charge is 2.15. The summed E-state index contributed by atoms with van der Waals surface area (Å²) in [4.78, 5) is 0. The van der Waals surface area contributed by atoms with Gasteiger partial charge in [0.25, 0.3) is 0 Å². The van der Waals surface area contributed by atoms with Crippen LogP contribution in [0, 0.1) is 0 Å². The number of halogens is 1. The first-order valence-electron chi connectivity index (χ1n) is 6.45. The van der Waals surface area contributed by atoms with Gasteiger partial charge < -0.3 is 10.5 Å². The van der Waals surface area contributed by atoms with Gasteiger partial charge in [-0.25, -0.2) is 0 Å². The van der Waals surface area contributed by atoms with Gasteiger partial charge in [0.2, 0.25) is 0 Å². The van der Waals surface area contributed by atoms with E-state index in [4.69, 9.17) is 22.1 Å². The van der Waals surface area contributed by atoms with Gasteiger partial charge in [0, 0.05) is 6.54 Å². The molecular weight excluding hydrogens is 234 g/mol. The quantitative estimate of drug-likeness (QED) is 0.830. The van der Waals surface area contributed by atoms with Gasteiger partial charge >= 0.3 is 0 Å². The Balaban J connectivity index is 2.01. The molecule has 1 aliphatic rings. The molecule has 0 amide bonds. The van der Waals surface area contributed by atoms with Crippen LogP contribution in [0.4, 0.5) is 0 Å². The second-order valence-corrected chi connectivity index (χ2v) is 5.11. The molecule has 0 heterocycles. The van der Waals surface area contributed by atoms with Gasteiger partial charge in [-0.2, -0.15) is 0 Å². The van der Waals surface area contributed by atoms with Gasteiger partial charge in [-0.05, 0) is 43.4 Å². The SMILES string of the molecule is NCc1ccc(OC2CCCCCC2)c(Cl)c1. The van der Waals surface area contributed by atoms with Crippen LogP contribution in [0.1, 0.15) is 44.1 Å². The lowest BCUT2D eigenvalue weighted by Crippen LogP contribution is -2.15. The first-order chi connectivity index (χ1) is 8.29. The summed E-state index contributed by atoms with van der Waals surface area (Å²) in [5, 5.41) is 0.678. The van der Waals surface area contributed by atoms with Crippen molar-refractivity contribution in [2.24, 2.45) is 5.73 Å². The molecule has 0 aliphatic heterocycles. The van der Waals surface area contributed by atoms with Crippen LogP contribution in [0.15, 0.2) is 18.2 Å². The predicted octanol–water partition coefficient (Wildman–Crippen LogP) is 3.90. The Morgan fingerprint density at radius 1 is 1.18 bits per heavy atom. The minimum absolute atomic E-state index is 0.332. The van der Waals surface area contributed by atoms with E-state index in [0.717, 1.165) is 24.2 Å². The van der Waals surface area contributed by atoms with Gasteiger partial charge in [0.05, 0.1) is 11.1 Å². The van der Waals surface area contributed by atoms with Crippen molar-refractivity contribution >= 4 is 11.6 Å². The standard InChI is InChI=1S/C14H20ClNO/c15-13-9-11(10-16)7-8-14(13)17-12-5-3-1-2-4-6-12/h7-9,12H,1-6,10,16H2. The second kappa shape index (κ2) is 6.27. The molecule has 0 radical (unpaired) electrons. The Morgan fingerprint density at radius 2 is 1.88 bits per heavy atom. The highest BCUT2D eigenvalue weighted by Crippen LogP contribution is 2.29. The maximum atomic E-state index is 6.19. The third-order valence-electron chi connectivity index (χ3n) is 3.33. The Kier molecular flexibility index (Phi) is 4.69. The van der Waals surface area contributed by atoms with Gasteiger partial charge in [0.1, 0.15) is 5.75 Å². The average molecular weight is 254 g/mol. The zero-order valence-electron chi connectivity index (χ0n) is 10.1. The lowest BCUT2D eigenvalue weighted by Gasteiger charge is -2.18. The number of nitrogens with two attached hydrogens (primary N) is 1. The fourth-order valence-electron chi connectivity index (χ4n) is 2.31. The number of ether oxygens (including phenoxy) is 1. The van der Waals surface area contributed by atoms with Crippen LogP contribution < -0.4 is 10.5 Å². The van der Waals surface area contributed by atoms with E-state index >= 15 is 0 Å². The lowest BCUT2D eigenvalue weighted by atomic mass is 10.1. The Bertz CT molecular complexity index is 359. The van der Waals surface area contributed by atoms with Crippen LogP contribution in [-0.2, 0) is 6.54 Å². The van der Waals surface area contributed by atoms with Crippen LogP contribution in [0.3, 0.4) is 0 Å². The molecule has 0 aromatic heterocycles. The van der Waals surface area contributed by atoms with E-state index in [1.165, 1.54) is 25.7 Å². The third-order valence-corrected chi connectivity index (χ3v) is 3.62. The van der Waals surface area contributed by atoms with Gasteiger partial charge in [-0.1, -0.05) is 30.5 Å². The second-order valence-electron chi connectivity index (χ2n) is 4.70. The molecule has 0 unspecified atom stereocenters. The van der Waals surface area contributed by atoms with E-state index < -0.39 is 0 Å². The van der Waals surface area contributed by atoms with E-state index in [1.807, 2.05) is 18.2 Å². The predicted molar refractivity (Wildman–Crippen MR) is 71.5 cm³/mol. The minimum atomic E-state index is 0.332. The molecule has 3 heteroatoms. The van der Waals surface area contributed by atoms with Crippen LogP contribution in [0.5, 0.6) is 5.75 Å². The molecule has 1 aromatic rings. The summed E-state index contributed by atoms with van der Waals surface area (Å²) in [7, 11) is 0. The summed E-state index contributed by atoms with van der Waals surface area (Å²) < 4.78 is 5.99. The van der Waals surface area contributed by atoms with Crippen molar-refractivity contribution in [3.05, 3.63) is 28.8 Å². The first kappa shape index (κ1) is 12.7. The van der Waals surface area contributed by atoms with Gasteiger partial charge in [0.15, 0.2) is 0 Å². The highest BCUT2D eigenvalue weighted by molar-refractivity contribution is 6.32. The number of benzene rings is 1. The maximum Gasteiger partial charge on any atom is 0.138 e. The summed E-state index contributed by atoms with van der Waals surface area (Å²) >= 11 is 6.19. The summed E-state index contributed by atoms with van der Waals surface area (Å²) in [6.45, 7) is 0.517. The minimum Gasteiger partial charge on any atom is -0.489 e. The van der Waals surface area contributed by atoms with Crippen LogP contribution in [0.25, 0.3) is 0 Å². The van der Waals surface area contributed by atoms with E-state index in [1.54, 1.807) is 0 Å². The number of hydrogen-bond donors (Lipinski definition) is 1. The largest absolute Gasteiger partial charge is 0.489 e. The van der Waals surface area contributed by atoms with Crippen molar-refractivity contribution in [2.75, 3.05) is 0 Å². The molecule has 1 saturated carbocycles. The molecule has 0 bridgehead atoms. The van der Waals surface area contributed by atoms with E-state index in [2.05, 4.69) is 0 Å². The zero-order chi connectivity index (χ0) is 12.1. The molecule has 1 aromatic carbocycles. The van der Waals surface area contributed by atoms with Crippen molar-refractivity contribution in [1.29, 1.82) is 0 Å². The molecular formula is C14H20ClNO. The molecule has 2 rings (SSSR count). The van der Waals surface area contributed by atoms with Crippen molar-refractivity contribution < 1.29 is 4.74 Å². The smallest absolute Gasteiger partial charge is 0.138 e. The summed E-state index contributed by atoms with van der Waals surface area (Å²) in [5.74, 6) is 0.802. The topological polar surface area (TPSA) is 35.2 Å². The van der Waals surface area contributed by atoms with Crippen molar-refractivity contribution in [3.8, 4) is 5.75 Å². The number of rotatable bonds is 3. The molecule has 94 valence electrons. The normalized spacial score (nSPS) is 17.8. The monoisotopic (exact) mass is 253 g/mol. The molecule has 0 saturated heterocycles. The highest BCUT2D eigenvalue weighted by atomic mass is 35.5. The third kappa shape index (κ3) is 3.62. The van der Waals surface area contributed by atoms with E-state index in [9.17, 15) is 0 Å². The number of hydrogen-bond acceptors (Lipinski definition) is 2. The average Bonchev–Trinajstić information content (AvgIpc) is 2.60. The van der Waals surface area contributed by atoms with Gasteiger partial charge in [-0.15, -0.1) is 0 Å². The summed E-state index contributed by atoms with van der Waals surface area (Å²) in [6, 6.07) is 5.82. The molecule has 0 spiro atoms. The fraction of sp³-hybridized carbons (Fsp3) is 0.571. The fourth-order valence-corrected chi connectivity index (χ4v) is 2.55. The molecule has 1 aliphatic carbocycles.